The lowest BCUT2D eigenvalue weighted by molar-refractivity contribution is -0.124. The molecule has 2 N–H and O–H groups in total. The largest absolute Gasteiger partial charge is 0.497 e. The average Bonchev–Trinajstić information content (AvgIpc) is 2.83. The number of benzene rings is 2. The molecule has 0 unspecified atom stereocenters. The number of fused-ring (bicyclic) bond motifs is 1. The minimum Gasteiger partial charge on any atom is -0.497 e. The summed E-state index contributed by atoms with van der Waals surface area (Å²) < 4.78 is 17.7. The molecule has 35 heavy (non-hydrogen) atoms. The Morgan fingerprint density at radius 3 is 2.46 bits per heavy atom. The Balaban J connectivity index is 1.54. The summed E-state index contributed by atoms with van der Waals surface area (Å²) >= 11 is 7.02. The van der Waals surface area contributed by atoms with E-state index in [-0.39, 0.29) is 24.1 Å². The molecular weight excluding hydrogens is 584 g/mol. The fourth-order valence-electron chi connectivity index (χ4n) is 4.02. The van der Waals surface area contributed by atoms with Crippen LogP contribution in [0.15, 0.2) is 38.0 Å². The van der Waals surface area contributed by atoms with Gasteiger partial charge in [-0.25, -0.2) is 4.98 Å². The van der Waals surface area contributed by atoms with Crippen molar-refractivity contribution in [1.82, 2.24) is 20.2 Å². The van der Waals surface area contributed by atoms with E-state index in [1.54, 1.807) is 24.3 Å². The second-order valence-electron chi connectivity index (χ2n) is 8.34. The van der Waals surface area contributed by atoms with Crippen molar-refractivity contribution in [3.63, 3.8) is 0 Å². The van der Waals surface area contributed by atoms with Gasteiger partial charge in [0.15, 0.2) is 6.61 Å². The first-order chi connectivity index (χ1) is 16.8. The van der Waals surface area contributed by atoms with Crippen LogP contribution in [0.3, 0.4) is 0 Å². The highest BCUT2D eigenvalue weighted by molar-refractivity contribution is 9.11. The van der Waals surface area contributed by atoms with Crippen molar-refractivity contribution in [3.8, 4) is 28.6 Å². The number of hydrogen-bond donors (Lipinski definition) is 2. The van der Waals surface area contributed by atoms with Crippen LogP contribution < -0.4 is 25.1 Å². The van der Waals surface area contributed by atoms with Gasteiger partial charge in [0, 0.05) is 23.7 Å². The molecule has 186 valence electrons. The number of aromatic nitrogens is 2. The molecule has 2 heterocycles. The summed E-state index contributed by atoms with van der Waals surface area (Å²) in [5.41, 5.74) is 0.758. The molecule has 11 heteroatoms. The van der Waals surface area contributed by atoms with Crippen molar-refractivity contribution in [2.75, 3.05) is 41.0 Å². The SMILES string of the molecule is COc1cc(OC)c2c(=O)[nH]c(-c3cc(Br)c(OCC(=O)NC4CCN(C)CC4)c(Br)c3)nc2c1. The lowest BCUT2D eigenvalue weighted by Gasteiger charge is -2.29. The van der Waals surface area contributed by atoms with Crippen molar-refractivity contribution in [3.05, 3.63) is 43.6 Å². The summed E-state index contributed by atoms with van der Waals surface area (Å²) in [5.74, 6) is 1.60. The fraction of sp³-hybridized carbons (Fsp3) is 0.375. The van der Waals surface area contributed by atoms with Crippen LogP contribution in [0.25, 0.3) is 22.3 Å². The monoisotopic (exact) mass is 608 g/mol. The van der Waals surface area contributed by atoms with E-state index in [1.807, 2.05) is 0 Å². The molecule has 2 aromatic carbocycles. The predicted molar refractivity (Wildman–Crippen MR) is 140 cm³/mol. The Bertz CT molecular complexity index is 1280. The second-order valence-corrected chi connectivity index (χ2v) is 10.0. The minimum absolute atomic E-state index is 0.104. The number of carbonyl (C=O) groups is 1. The first kappa shape index (κ1) is 25.5. The first-order valence-corrected chi connectivity index (χ1v) is 12.6. The molecule has 1 aromatic heterocycles. The van der Waals surface area contributed by atoms with Crippen molar-refractivity contribution in [2.45, 2.75) is 18.9 Å². The van der Waals surface area contributed by atoms with Gasteiger partial charge >= 0.3 is 0 Å². The maximum atomic E-state index is 12.8. The molecule has 1 fully saturated rings. The van der Waals surface area contributed by atoms with Crippen LogP contribution in [0.2, 0.25) is 0 Å². The van der Waals surface area contributed by atoms with Gasteiger partial charge in [0.2, 0.25) is 0 Å². The molecule has 0 bridgehead atoms. The third-order valence-corrected chi connectivity index (χ3v) is 7.08. The Labute approximate surface area is 219 Å². The molecule has 3 aromatic rings. The average molecular weight is 610 g/mol. The third kappa shape index (κ3) is 5.79. The van der Waals surface area contributed by atoms with E-state index >= 15 is 0 Å². The van der Waals surface area contributed by atoms with Crippen LogP contribution in [0, 0.1) is 0 Å². The Hall–Kier alpha value is -2.63. The highest BCUT2D eigenvalue weighted by Gasteiger charge is 2.20. The van der Waals surface area contributed by atoms with Crippen molar-refractivity contribution < 1.29 is 19.0 Å². The van der Waals surface area contributed by atoms with Gasteiger partial charge in [-0.1, -0.05) is 0 Å². The van der Waals surface area contributed by atoms with Gasteiger partial charge in [0.1, 0.15) is 28.5 Å². The van der Waals surface area contributed by atoms with Gasteiger partial charge in [-0.2, -0.15) is 0 Å². The predicted octanol–water partition coefficient (Wildman–Crippen LogP) is 3.72. The maximum absolute atomic E-state index is 12.8. The topological polar surface area (TPSA) is 106 Å². The van der Waals surface area contributed by atoms with Gasteiger partial charge in [0.25, 0.3) is 11.5 Å². The van der Waals surface area contributed by atoms with Crippen LogP contribution in [0.1, 0.15) is 12.8 Å². The number of ether oxygens (including phenoxy) is 3. The number of piperidine rings is 1. The number of nitrogens with zero attached hydrogens (tertiary/aromatic N) is 2. The Morgan fingerprint density at radius 1 is 1.14 bits per heavy atom. The van der Waals surface area contributed by atoms with Crippen LogP contribution in [0.4, 0.5) is 0 Å². The number of halogens is 2. The highest BCUT2D eigenvalue weighted by atomic mass is 79.9. The molecule has 0 saturated carbocycles. The number of likely N-dealkylation sites (tertiary alicyclic amines) is 1. The zero-order valence-corrected chi connectivity index (χ0v) is 22.8. The molecule has 0 spiro atoms. The zero-order chi connectivity index (χ0) is 25.1. The minimum atomic E-state index is -0.331. The summed E-state index contributed by atoms with van der Waals surface area (Å²) in [7, 11) is 5.11. The normalized spacial score (nSPS) is 14.7. The molecule has 0 aliphatic carbocycles. The summed E-state index contributed by atoms with van der Waals surface area (Å²) in [4.78, 5) is 34.9. The number of rotatable bonds is 7. The molecule has 0 radical (unpaired) electrons. The van der Waals surface area contributed by atoms with Crippen molar-refractivity contribution in [1.29, 1.82) is 0 Å². The maximum Gasteiger partial charge on any atom is 0.262 e. The molecule has 0 atom stereocenters. The first-order valence-electron chi connectivity index (χ1n) is 11.0. The Morgan fingerprint density at radius 2 is 1.83 bits per heavy atom. The van der Waals surface area contributed by atoms with Gasteiger partial charge in [0.05, 0.1) is 28.7 Å². The summed E-state index contributed by atoms with van der Waals surface area (Å²) in [6, 6.07) is 7.04. The van der Waals surface area contributed by atoms with Crippen molar-refractivity contribution >= 4 is 48.7 Å². The molecule has 1 aliphatic heterocycles. The quantitative estimate of drug-likeness (QED) is 0.421. The molecule has 1 aliphatic rings. The van der Waals surface area contributed by atoms with Crippen LogP contribution in [-0.2, 0) is 4.79 Å². The highest BCUT2D eigenvalue weighted by Crippen LogP contribution is 2.37. The summed E-state index contributed by atoms with van der Waals surface area (Å²) in [6.45, 7) is 1.83. The molecule has 1 amide bonds. The van der Waals surface area contributed by atoms with Gasteiger partial charge in [-0.3, -0.25) is 9.59 Å². The van der Waals surface area contributed by atoms with Crippen molar-refractivity contribution in [2.24, 2.45) is 0 Å². The Kier molecular flexibility index (Phi) is 7.98. The van der Waals surface area contributed by atoms with Gasteiger partial charge in [-0.15, -0.1) is 0 Å². The summed E-state index contributed by atoms with van der Waals surface area (Å²) in [5, 5.41) is 3.37. The van der Waals surface area contributed by atoms with E-state index in [0.717, 1.165) is 25.9 Å². The number of H-pyrrole nitrogens is 1. The fourth-order valence-corrected chi connectivity index (χ4v) is 5.44. The van der Waals surface area contributed by atoms with Crippen LogP contribution >= 0.6 is 31.9 Å². The van der Waals surface area contributed by atoms with E-state index in [0.29, 0.717) is 48.5 Å². The number of nitrogens with one attached hydrogen (secondary N) is 2. The van der Waals surface area contributed by atoms with E-state index in [9.17, 15) is 9.59 Å². The molecule has 1 saturated heterocycles. The van der Waals surface area contributed by atoms with E-state index in [1.165, 1.54) is 14.2 Å². The van der Waals surface area contributed by atoms with Crippen LogP contribution in [0.5, 0.6) is 17.2 Å². The number of hydrogen-bond acceptors (Lipinski definition) is 7. The lowest BCUT2D eigenvalue weighted by atomic mass is 10.1. The van der Waals surface area contributed by atoms with Gasteiger partial charge in [-0.05, 0) is 77.0 Å². The number of methoxy groups -OCH3 is 2. The smallest absolute Gasteiger partial charge is 0.262 e. The molecule has 9 nitrogen and oxygen atoms in total. The molecular formula is C24H26Br2N4O5. The van der Waals surface area contributed by atoms with Gasteiger partial charge < -0.3 is 29.4 Å². The summed E-state index contributed by atoms with van der Waals surface area (Å²) in [6.07, 6.45) is 1.86. The second kappa shape index (κ2) is 11.0. The zero-order valence-electron chi connectivity index (χ0n) is 19.6. The lowest BCUT2D eigenvalue weighted by Crippen LogP contribution is -2.44. The van der Waals surface area contributed by atoms with E-state index in [4.69, 9.17) is 14.2 Å². The number of carbonyl (C=O) groups excluding carboxylic acids is 1. The molecule has 4 rings (SSSR count). The standard InChI is InChI=1S/C24H26Br2N4O5/c1-30-6-4-14(5-7-30)27-20(31)12-35-22-16(25)8-13(9-17(22)26)23-28-18-10-15(33-2)11-19(34-3)21(18)24(32)29-23/h8-11,14H,4-7,12H2,1-3H3,(H,27,31)(H,28,29,32). The van der Waals surface area contributed by atoms with Crippen LogP contribution in [-0.4, -0.2) is 67.8 Å². The number of aromatic amines is 1. The number of amides is 1. The van der Waals surface area contributed by atoms with E-state index in [2.05, 4.69) is 59.1 Å². The van der Waals surface area contributed by atoms with E-state index < -0.39 is 0 Å². The third-order valence-electron chi connectivity index (χ3n) is 5.90.